The van der Waals surface area contributed by atoms with Crippen LogP contribution in [-0.4, -0.2) is 38.4 Å². The van der Waals surface area contributed by atoms with Crippen molar-refractivity contribution in [2.45, 2.75) is 44.8 Å². The molecule has 0 radical (unpaired) electrons. The Balaban J connectivity index is 1.74. The number of halogens is 1. The second-order valence-electron chi connectivity index (χ2n) is 8.68. The minimum absolute atomic E-state index is 0.0849. The van der Waals surface area contributed by atoms with Crippen molar-refractivity contribution in [3.05, 3.63) is 62.2 Å². The fourth-order valence-corrected chi connectivity index (χ4v) is 6.59. The maximum absolute atomic E-state index is 14.5. The van der Waals surface area contributed by atoms with Gasteiger partial charge < -0.3 is 14.4 Å². The normalized spacial score (nSPS) is 18.6. The van der Waals surface area contributed by atoms with E-state index < -0.39 is 11.6 Å². The molecule has 4 heterocycles. The molecule has 3 aromatic rings. The number of rotatable bonds is 6. The molecule has 6 nitrogen and oxygen atoms in total. The van der Waals surface area contributed by atoms with E-state index in [0.717, 1.165) is 33.8 Å². The van der Waals surface area contributed by atoms with Gasteiger partial charge in [0, 0.05) is 39.8 Å². The van der Waals surface area contributed by atoms with Crippen LogP contribution in [0, 0.1) is 12.7 Å². The Morgan fingerprint density at radius 2 is 2.03 bits per heavy atom. The number of esters is 1. The summed E-state index contributed by atoms with van der Waals surface area (Å²) in [6.45, 7) is 3.59. The van der Waals surface area contributed by atoms with Gasteiger partial charge in [-0.25, -0.2) is 14.2 Å². The van der Waals surface area contributed by atoms with E-state index in [2.05, 4.69) is 6.26 Å². The maximum atomic E-state index is 14.5. The molecule has 1 aromatic carbocycles. The Morgan fingerprint density at radius 3 is 2.76 bits per heavy atom. The molecular formula is C25H25FN2O4S2. The first kappa shape index (κ1) is 23.4. The molecule has 2 aliphatic heterocycles. The number of thioether (sulfide) groups is 2. The number of pyridine rings is 2. The number of carbonyl (C=O) groups is 1. The van der Waals surface area contributed by atoms with Crippen molar-refractivity contribution in [2.24, 2.45) is 0 Å². The van der Waals surface area contributed by atoms with Gasteiger partial charge in [-0.05, 0) is 42.9 Å². The molecule has 2 aromatic heterocycles. The van der Waals surface area contributed by atoms with Crippen molar-refractivity contribution in [1.82, 2.24) is 9.55 Å². The highest BCUT2D eigenvalue weighted by Crippen LogP contribution is 2.41. The van der Waals surface area contributed by atoms with Crippen LogP contribution < -0.4 is 5.56 Å². The number of aromatic nitrogens is 2. The van der Waals surface area contributed by atoms with Crippen LogP contribution in [0.25, 0.3) is 22.3 Å². The van der Waals surface area contributed by atoms with E-state index in [4.69, 9.17) is 9.72 Å². The topological polar surface area (TPSA) is 81.4 Å². The monoisotopic (exact) mass is 500 g/mol. The van der Waals surface area contributed by atoms with Crippen molar-refractivity contribution in [3.63, 3.8) is 0 Å². The van der Waals surface area contributed by atoms with E-state index in [9.17, 15) is 19.1 Å². The van der Waals surface area contributed by atoms with Crippen LogP contribution in [-0.2, 0) is 34.0 Å². The van der Waals surface area contributed by atoms with Crippen LogP contribution in [0.5, 0.6) is 0 Å². The van der Waals surface area contributed by atoms with Crippen LogP contribution in [0.4, 0.5) is 4.39 Å². The lowest BCUT2D eigenvalue weighted by Crippen LogP contribution is -2.44. The van der Waals surface area contributed by atoms with Gasteiger partial charge in [-0.3, -0.25) is 4.79 Å². The Morgan fingerprint density at radius 1 is 1.24 bits per heavy atom. The Hall–Kier alpha value is -2.36. The molecule has 0 fully saturated rings. The van der Waals surface area contributed by atoms with Crippen molar-refractivity contribution in [2.75, 3.05) is 17.8 Å². The van der Waals surface area contributed by atoms with E-state index in [-0.39, 0.29) is 30.0 Å². The summed E-state index contributed by atoms with van der Waals surface area (Å²) in [5.74, 6) is 1.64. The molecule has 0 saturated carbocycles. The second kappa shape index (κ2) is 8.70. The quantitative estimate of drug-likeness (QED) is 0.315. The second-order valence-corrected chi connectivity index (χ2v) is 10.8. The predicted octanol–water partition coefficient (Wildman–Crippen LogP) is 4.12. The minimum Gasteiger partial charge on any atom is -0.458 e. The van der Waals surface area contributed by atoms with Crippen molar-refractivity contribution < 1.29 is 19.0 Å². The number of fused-ring (bicyclic) bond motifs is 5. The highest BCUT2D eigenvalue weighted by atomic mass is 32.2. The van der Waals surface area contributed by atoms with Gasteiger partial charge in [-0.15, -0.1) is 0 Å². The van der Waals surface area contributed by atoms with Crippen LogP contribution in [0.3, 0.4) is 0 Å². The fraction of sp³-hybridized carbons (Fsp3) is 0.400. The molecule has 0 aliphatic carbocycles. The summed E-state index contributed by atoms with van der Waals surface area (Å²) in [6.07, 6.45) is 2.16. The molecule has 34 heavy (non-hydrogen) atoms. The van der Waals surface area contributed by atoms with Gasteiger partial charge in [0.1, 0.15) is 12.4 Å². The van der Waals surface area contributed by atoms with Gasteiger partial charge in [0.05, 0.1) is 29.0 Å². The third kappa shape index (κ3) is 3.48. The molecular weight excluding hydrogens is 475 g/mol. The number of cyclic esters (lactones) is 1. The number of carbonyl (C=O) groups excluding carboxylic acids is 1. The van der Waals surface area contributed by atoms with Crippen LogP contribution in [0.15, 0.2) is 23.0 Å². The summed E-state index contributed by atoms with van der Waals surface area (Å²) in [4.78, 5) is 30.6. The molecule has 9 heteroatoms. The van der Waals surface area contributed by atoms with Crippen molar-refractivity contribution in [1.29, 1.82) is 0 Å². The molecule has 0 unspecified atom stereocenters. The first-order valence-corrected chi connectivity index (χ1v) is 13.7. The summed E-state index contributed by atoms with van der Waals surface area (Å²) < 4.78 is 21.3. The molecule has 1 atom stereocenters. The molecule has 5 rings (SSSR count). The summed E-state index contributed by atoms with van der Waals surface area (Å²) in [6, 6.07) is 4.97. The molecule has 2 aliphatic rings. The van der Waals surface area contributed by atoms with Crippen molar-refractivity contribution in [3.8, 4) is 11.4 Å². The van der Waals surface area contributed by atoms with Gasteiger partial charge in [0.2, 0.25) is 0 Å². The molecule has 0 spiro atoms. The Bertz CT molecular complexity index is 1400. The number of ether oxygens (including phenoxy) is 1. The predicted molar refractivity (Wildman–Crippen MR) is 134 cm³/mol. The largest absolute Gasteiger partial charge is 0.458 e. The molecule has 0 amide bonds. The molecule has 0 bridgehead atoms. The van der Waals surface area contributed by atoms with Crippen molar-refractivity contribution >= 4 is 40.4 Å². The zero-order valence-corrected chi connectivity index (χ0v) is 20.9. The van der Waals surface area contributed by atoms with E-state index in [1.165, 1.54) is 6.07 Å². The molecule has 1 N–H and O–H groups in total. The SMILES string of the molecule is CC[C@@]1(O)C(=O)OCc2c1cc1n(c2=O)Cc2c-1nc1cc(F)c(C)cc1c2CSCCSC. The number of nitrogens with zero attached hydrogens (tertiary/aromatic N) is 2. The van der Waals surface area contributed by atoms with Crippen LogP contribution in [0.1, 0.15) is 41.2 Å². The summed E-state index contributed by atoms with van der Waals surface area (Å²) in [5, 5.41) is 12.0. The Labute approximate surface area is 204 Å². The average molecular weight is 501 g/mol. The smallest absolute Gasteiger partial charge is 0.343 e. The van der Waals surface area contributed by atoms with E-state index >= 15 is 0 Å². The lowest BCUT2D eigenvalue weighted by molar-refractivity contribution is -0.172. The first-order valence-electron chi connectivity index (χ1n) is 11.2. The zero-order chi connectivity index (χ0) is 24.2. The zero-order valence-electron chi connectivity index (χ0n) is 19.2. The highest BCUT2D eigenvalue weighted by Gasteiger charge is 2.45. The van der Waals surface area contributed by atoms with Gasteiger partial charge in [0.25, 0.3) is 5.56 Å². The van der Waals surface area contributed by atoms with Gasteiger partial charge in [-0.2, -0.15) is 23.5 Å². The minimum atomic E-state index is -1.87. The van der Waals surface area contributed by atoms with Crippen LogP contribution >= 0.6 is 23.5 Å². The number of benzene rings is 1. The van der Waals surface area contributed by atoms with Gasteiger partial charge in [-0.1, -0.05) is 6.92 Å². The van der Waals surface area contributed by atoms with E-state index in [1.807, 2.05) is 6.07 Å². The van der Waals surface area contributed by atoms with Gasteiger partial charge >= 0.3 is 5.97 Å². The third-order valence-corrected chi connectivity index (χ3v) is 8.62. The average Bonchev–Trinajstić information content (AvgIpc) is 3.19. The standard InChI is InChI=1S/C25H25FN2O4S2/c1-4-25(31)18-8-21-22-15(10-28(21)23(29)16(18)11-32-24(25)30)17(12-34-6-5-33-3)14-7-13(2)19(26)9-20(14)27-22/h7-9,31H,4-6,10-12H2,1-3H3/t25-/m0/s1. The number of hydrogen-bond acceptors (Lipinski definition) is 7. The summed E-state index contributed by atoms with van der Waals surface area (Å²) in [5.41, 5.74) is 2.62. The summed E-state index contributed by atoms with van der Waals surface area (Å²) in [7, 11) is 0. The molecule has 178 valence electrons. The van der Waals surface area contributed by atoms with Gasteiger partial charge in [0.15, 0.2) is 5.60 Å². The molecule has 0 saturated heterocycles. The number of aliphatic hydroxyl groups is 1. The van der Waals surface area contributed by atoms with Crippen LogP contribution in [0.2, 0.25) is 0 Å². The highest BCUT2D eigenvalue weighted by molar-refractivity contribution is 8.02. The first-order chi connectivity index (χ1) is 16.3. The third-order valence-electron chi connectivity index (χ3n) is 6.76. The Kier molecular flexibility index (Phi) is 5.98. The van der Waals surface area contributed by atoms with E-state index in [1.54, 1.807) is 48.0 Å². The summed E-state index contributed by atoms with van der Waals surface area (Å²) >= 11 is 3.59. The maximum Gasteiger partial charge on any atom is 0.343 e. The van der Waals surface area contributed by atoms with E-state index in [0.29, 0.717) is 34.6 Å². The number of aryl methyl sites for hydroxylation is 1. The number of hydrogen-bond donors (Lipinski definition) is 1. The fourth-order valence-electron chi connectivity index (χ4n) is 4.77. The lowest BCUT2D eigenvalue weighted by atomic mass is 9.86. The lowest BCUT2D eigenvalue weighted by Gasteiger charge is -2.31.